The third kappa shape index (κ3) is 2.20. The van der Waals surface area contributed by atoms with Crippen molar-refractivity contribution in [2.45, 2.75) is 71.3 Å². The minimum atomic E-state index is -0.288. The summed E-state index contributed by atoms with van der Waals surface area (Å²) in [5.41, 5.74) is 1.88. The second-order valence-corrected chi connectivity index (χ2v) is 9.43. The van der Waals surface area contributed by atoms with E-state index in [1.54, 1.807) is 0 Å². The summed E-state index contributed by atoms with van der Waals surface area (Å²) in [6.45, 7) is 4.48. The Labute approximate surface area is 145 Å². The molecule has 0 heterocycles. The van der Waals surface area contributed by atoms with E-state index in [0.29, 0.717) is 11.8 Å². The number of ketones is 1. The van der Waals surface area contributed by atoms with Gasteiger partial charge in [-0.25, -0.2) is 0 Å². The highest BCUT2D eigenvalue weighted by molar-refractivity contribution is 5.83. The molecule has 0 saturated heterocycles. The van der Waals surface area contributed by atoms with E-state index < -0.39 is 0 Å². The number of hydrogen-bond donors (Lipinski definition) is 2. The molecule has 0 aromatic carbocycles. The lowest BCUT2D eigenvalue weighted by atomic mass is 9.46. The third-order valence-electron chi connectivity index (χ3n) is 8.63. The highest BCUT2D eigenvalue weighted by Crippen LogP contribution is 2.66. The lowest BCUT2D eigenvalue weighted by molar-refractivity contribution is -0.132. The van der Waals surface area contributed by atoms with E-state index in [-0.39, 0.29) is 35.2 Å². The van der Waals surface area contributed by atoms with Crippen molar-refractivity contribution in [1.29, 1.82) is 0 Å². The van der Waals surface area contributed by atoms with Gasteiger partial charge in [-0.3, -0.25) is 4.79 Å². The molecule has 4 rings (SSSR count). The summed E-state index contributed by atoms with van der Waals surface area (Å²) in [6.07, 6.45) is 10.7. The molecule has 0 spiro atoms. The zero-order valence-corrected chi connectivity index (χ0v) is 15.1. The van der Waals surface area contributed by atoms with Crippen LogP contribution < -0.4 is 0 Å². The van der Waals surface area contributed by atoms with Crippen LogP contribution >= 0.6 is 0 Å². The number of aliphatic hydroxyl groups excluding tert-OH is 2. The summed E-state index contributed by atoms with van der Waals surface area (Å²) < 4.78 is 0. The molecule has 4 aliphatic carbocycles. The molecular weight excluding hydrogens is 300 g/mol. The maximum Gasteiger partial charge on any atom is 0.161 e. The van der Waals surface area contributed by atoms with Gasteiger partial charge in [0.15, 0.2) is 5.78 Å². The van der Waals surface area contributed by atoms with E-state index >= 15 is 0 Å². The van der Waals surface area contributed by atoms with Crippen LogP contribution in [-0.2, 0) is 4.79 Å². The first-order valence-corrected chi connectivity index (χ1v) is 9.93. The smallest absolute Gasteiger partial charge is 0.161 e. The summed E-state index contributed by atoms with van der Waals surface area (Å²) in [4.78, 5) is 12.3. The molecular formula is C21H32O3. The first-order valence-electron chi connectivity index (χ1n) is 9.93. The second kappa shape index (κ2) is 5.67. The van der Waals surface area contributed by atoms with E-state index in [9.17, 15) is 15.0 Å². The SMILES string of the molecule is C[C@]12CC[C@H]3[C@@H](CCC4=CC(O)CC[C@@]43C)[C@@H]1CC[C@@H]2C(=O)CO. The van der Waals surface area contributed by atoms with Gasteiger partial charge in [-0.2, -0.15) is 0 Å². The summed E-state index contributed by atoms with van der Waals surface area (Å²) in [5.74, 6) is 2.22. The fraction of sp³-hybridized carbons (Fsp3) is 0.857. The molecule has 2 N–H and O–H groups in total. The Morgan fingerprint density at radius 3 is 2.67 bits per heavy atom. The van der Waals surface area contributed by atoms with Crippen molar-refractivity contribution in [1.82, 2.24) is 0 Å². The van der Waals surface area contributed by atoms with Crippen LogP contribution in [0.2, 0.25) is 0 Å². The van der Waals surface area contributed by atoms with Crippen molar-refractivity contribution in [2.75, 3.05) is 6.61 Å². The number of allylic oxidation sites excluding steroid dienone is 1. The quantitative estimate of drug-likeness (QED) is 0.761. The van der Waals surface area contributed by atoms with Crippen LogP contribution in [0.25, 0.3) is 0 Å². The van der Waals surface area contributed by atoms with E-state index in [1.165, 1.54) is 18.4 Å². The predicted molar refractivity (Wildman–Crippen MR) is 93.3 cm³/mol. The topological polar surface area (TPSA) is 57.5 Å². The van der Waals surface area contributed by atoms with Crippen LogP contribution in [0.5, 0.6) is 0 Å². The van der Waals surface area contributed by atoms with Crippen LogP contribution in [0, 0.1) is 34.5 Å². The number of carbonyl (C=O) groups excluding carboxylic acids is 1. The zero-order chi connectivity index (χ0) is 17.1. The highest BCUT2D eigenvalue weighted by Gasteiger charge is 2.59. The Hall–Kier alpha value is -0.670. The van der Waals surface area contributed by atoms with Crippen LogP contribution in [0.15, 0.2) is 11.6 Å². The molecule has 3 heteroatoms. The molecule has 0 bridgehead atoms. The minimum Gasteiger partial charge on any atom is -0.389 e. The average molecular weight is 332 g/mol. The van der Waals surface area contributed by atoms with Crippen LogP contribution in [-0.4, -0.2) is 28.7 Å². The molecule has 1 unspecified atom stereocenters. The largest absolute Gasteiger partial charge is 0.389 e. The first-order chi connectivity index (χ1) is 11.4. The normalized spacial score (nSPS) is 50.5. The Balaban J connectivity index is 1.63. The maximum absolute atomic E-state index is 12.3. The minimum absolute atomic E-state index is 0.0712. The number of rotatable bonds is 2. The Kier molecular flexibility index (Phi) is 3.96. The third-order valence-corrected chi connectivity index (χ3v) is 8.63. The van der Waals surface area contributed by atoms with E-state index in [0.717, 1.165) is 44.4 Å². The molecule has 0 aromatic heterocycles. The van der Waals surface area contributed by atoms with Gasteiger partial charge in [0.2, 0.25) is 0 Å². The van der Waals surface area contributed by atoms with Crippen molar-refractivity contribution in [3.63, 3.8) is 0 Å². The van der Waals surface area contributed by atoms with E-state index in [1.807, 2.05) is 0 Å². The molecule has 0 aromatic rings. The number of Topliss-reactive ketones (excluding diaryl/α,β-unsaturated/α-hetero) is 1. The lowest BCUT2D eigenvalue weighted by Crippen LogP contribution is -2.51. The molecule has 0 aliphatic heterocycles. The van der Waals surface area contributed by atoms with Gasteiger partial charge in [-0.05, 0) is 80.0 Å². The highest BCUT2D eigenvalue weighted by atomic mass is 16.3. The molecule has 7 atom stereocenters. The Morgan fingerprint density at radius 1 is 1.12 bits per heavy atom. The van der Waals surface area contributed by atoms with Crippen molar-refractivity contribution in [3.8, 4) is 0 Å². The van der Waals surface area contributed by atoms with Crippen molar-refractivity contribution in [3.05, 3.63) is 11.6 Å². The van der Waals surface area contributed by atoms with Gasteiger partial charge < -0.3 is 10.2 Å². The zero-order valence-electron chi connectivity index (χ0n) is 15.1. The van der Waals surface area contributed by atoms with Gasteiger partial charge >= 0.3 is 0 Å². The van der Waals surface area contributed by atoms with Gasteiger partial charge in [-0.1, -0.05) is 25.5 Å². The molecule has 24 heavy (non-hydrogen) atoms. The molecule has 134 valence electrons. The Bertz CT molecular complexity index is 567. The van der Waals surface area contributed by atoms with Gasteiger partial charge in [0.1, 0.15) is 6.61 Å². The predicted octanol–water partition coefficient (Wildman–Crippen LogP) is 3.49. The summed E-state index contributed by atoms with van der Waals surface area (Å²) in [5, 5.41) is 19.4. The molecule has 3 fully saturated rings. The van der Waals surface area contributed by atoms with Gasteiger partial charge in [0.05, 0.1) is 6.10 Å². The second-order valence-electron chi connectivity index (χ2n) is 9.43. The lowest BCUT2D eigenvalue weighted by Gasteiger charge is -2.58. The van der Waals surface area contributed by atoms with Crippen molar-refractivity contribution in [2.24, 2.45) is 34.5 Å². The summed E-state index contributed by atoms with van der Waals surface area (Å²) >= 11 is 0. The molecule has 0 radical (unpaired) electrons. The average Bonchev–Trinajstić information content (AvgIpc) is 2.92. The Morgan fingerprint density at radius 2 is 1.92 bits per heavy atom. The fourth-order valence-corrected chi connectivity index (χ4v) is 7.35. The number of hydrogen-bond acceptors (Lipinski definition) is 3. The molecule has 3 saturated carbocycles. The van der Waals surface area contributed by atoms with Gasteiger partial charge in [0.25, 0.3) is 0 Å². The summed E-state index contributed by atoms with van der Waals surface area (Å²) in [6, 6.07) is 0. The van der Waals surface area contributed by atoms with Crippen LogP contribution in [0.3, 0.4) is 0 Å². The van der Waals surface area contributed by atoms with E-state index in [4.69, 9.17) is 0 Å². The molecule has 0 amide bonds. The molecule has 3 nitrogen and oxygen atoms in total. The number of fused-ring (bicyclic) bond motifs is 5. The maximum atomic E-state index is 12.3. The molecule has 4 aliphatic rings. The first kappa shape index (κ1) is 16.8. The van der Waals surface area contributed by atoms with Crippen molar-refractivity contribution < 1.29 is 15.0 Å². The van der Waals surface area contributed by atoms with Crippen molar-refractivity contribution >= 4 is 5.78 Å². The summed E-state index contributed by atoms with van der Waals surface area (Å²) in [7, 11) is 0. The van der Waals surface area contributed by atoms with Crippen LogP contribution in [0.4, 0.5) is 0 Å². The van der Waals surface area contributed by atoms with E-state index in [2.05, 4.69) is 19.9 Å². The fourth-order valence-electron chi connectivity index (χ4n) is 7.35. The van der Waals surface area contributed by atoms with Crippen LogP contribution in [0.1, 0.15) is 65.2 Å². The van der Waals surface area contributed by atoms with Gasteiger partial charge in [-0.15, -0.1) is 0 Å². The van der Waals surface area contributed by atoms with Gasteiger partial charge in [0, 0.05) is 5.92 Å². The monoisotopic (exact) mass is 332 g/mol. The number of carbonyl (C=O) groups is 1. The number of aliphatic hydroxyl groups is 2. The standard InChI is InChI=1S/C21H32O3/c1-20-9-7-14(23)11-13(20)3-4-15-16-5-6-18(19(24)12-22)21(16,2)10-8-17(15)20/h11,14-18,22-23H,3-10,12H2,1-2H3/t14?,15-,16-,17-,18+,20-,21-/m0/s1.